The summed E-state index contributed by atoms with van der Waals surface area (Å²) in [5.74, 6) is -0.736. The van der Waals surface area contributed by atoms with Crippen LogP contribution in [0.5, 0.6) is 0 Å². The fraction of sp³-hybridized carbons (Fsp3) is 0.636. The Labute approximate surface area is 89.9 Å². The van der Waals surface area contributed by atoms with Gasteiger partial charge in [-0.3, -0.25) is 4.68 Å². The molecule has 0 radical (unpaired) electrons. The molecule has 15 heavy (non-hydrogen) atoms. The zero-order valence-corrected chi connectivity index (χ0v) is 9.53. The van der Waals surface area contributed by atoms with Crippen molar-refractivity contribution in [3.8, 4) is 0 Å². The molecule has 0 aliphatic heterocycles. The number of rotatable bonds is 5. The number of aromatic carboxylic acids is 1. The van der Waals surface area contributed by atoms with Crippen LogP contribution in [0.4, 0.5) is 0 Å². The van der Waals surface area contributed by atoms with E-state index < -0.39 is 5.97 Å². The lowest BCUT2D eigenvalue weighted by atomic mass is 10.1. The van der Waals surface area contributed by atoms with Gasteiger partial charge >= 0.3 is 5.97 Å². The van der Waals surface area contributed by atoms with Crippen molar-refractivity contribution in [1.82, 2.24) is 9.78 Å². The Kier molecular flexibility index (Phi) is 3.88. The first-order valence-corrected chi connectivity index (χ1v) is 5.36. The normalized spacial score (nSPS) is 10.9. The fourth-order valence-corrected chi connectivity index (χ4v) is 1.46. The molecule has 1 heterocycles. The highest BCUT2D eigenvalue weighted by Gasteiger charge is 2.17. The van der Waals surface area contributed by atoms with Crippen molar-refractivity contribution in [2.75, 3.05) is 0 Å². The van der Waals surface area contributed by atoms with Gasteiger partial charge in [-0.15, -0.1) is 0 Å². The van der Waals surface area contributed by atoms with Crippen LogP contribution in [0, 0.1) is 0 Å². The quantitative estimate of drug-likeness (QED) is 0.812. The van der Waals surface area contributed by atoms with Crippen LogP contribution in [0.25, 0.3) is 0 Å². The van der Waals surface area contributed by atoms with Crippen LogP contribution in [0.3, 0.4) is 0 Å². The van der Waals surface area contributed by atoms with E-state index in [9.17, 15) is 4.79 Å². The third-order valence-corrected chi connectivity index (χ3v) is 2.31. The Morgan fingerprint density at radius 1 is 1.60 bits per heavy atom. The minimum absolute atomic E-state index is 0.152. The number of hydrogen-bond acceptors (Lipinski definition) is 2. The average molecular weight is 210 g/mol. The van der Waals surface area contributed by atoms with E-state index in [-0.39, 0.29) is 5.92 Å². The molecule has 0 unspecified atom stereocenters. The molecule has 0 bridgehead atoms. The van der Waals surface area contributed by atoms with Gasteiger partial charge in [0.05, 0.1) is 5.69 Å². The SMILES string of the molecule is CCCCn1cc(C(=O)O)c(C(C)C)n1. The van der Waals surface area contributed by atoms with Crippen molar-refractivity contribution >= 4 is 5.97 Å². The monoisotopic (exact) mass is 210 g/mol. The number of carboxylic acids is 1. The Morgan fingerprint density at radius 3 is 2.67 bits per heavy atom. The van der Waals surface area contributed by atoms with E-state index in [0.717, 1.165) is 19.4 Å². The van der Waals surface area contributed by atoms with Crippen LogP contribution in [0.15, 0.2) is 6.20 Å². The predicted molar refractivity (Wildman–Crippen MR) is 58.2 cm³/mol. The number of nitrogens with zero attached hydrogens (tertiary/aromatic N) is 2. The Bertz CT molecular complexity index is 342. The first kappa shape index (κ1) is 11.8. The third kappa shape index (κ3) is 2.81. The molecule has 0 atom stereocenters. The van der Waals surface area contributed by atoms with E-state index in [1.54, 1.807) is 10.9 Å². The molecule has 4 heteroatoms. The van der Waals surface area contributed by atoms with Crippen LogP contribution in [-0.4, -0.2) is 20.9 Å². The van der Waals surface area contributed by atoms with Crippen molar-refractivity contribution in [3.63, 3.8) is 0 Å². The minimum Gasteiger partial charge on any atom is -0.478 e. The second-order valence-corrected chi connectivity index (χ2v) is 4.00. The van der Waals surface area contributed by atoms with Gasteiger partial charge in [-0.2, -0.15) is 5.10 Å². The van der Waals surface area contributed by atoms with E-state index in [4.69, 9.17) is 5.11 Å². The van der Waals surface area contributed by atoms with Gasteiger partial charge in [0.15, 0.2) is 0 Å². The van der Waals surface area contributed by atoms with Gasteiger partial charge in [0.2, 0.25) is 0 Å². The van der Waals surface area contributed by atoms with Crippen LogP contribution >= 0.6 is 0 Å². The largest absolute Gasteiger partial charge is 0.478 e. The fourth-order valence-electron chi connectivity index (χ4n) is 1.46. The summed E-state index contributed by atoms with van der Waals surface area (Å²) in [6.45, 7) is 6.81. The number of carbonyl (C=O) groups is 1. The molecule has 0 fully saturated rings. The summed E-state index contributed by atoms with van der Waals surface area (Å²) >= 11 is 0. The maximum absolute atomic E-state index is 11.0. The number of hydrogen-bond donors (Lipinski definition) is 1. The Balaban J connectivity index is 2.93. The number of unbranched alkanes of at least 4 members (excludes halogenated alkanes) is 1. The van der Waals surface area contributed by atoms with Crippen molar-refractivity contribution in [2.45, 2.75) is 46.1 Å². The zero-order valence-electron chi connectivity index (χ0n) is 9.53. The average Bonchev–Trinajstić information content (AvgIpc) is 2.58. The summed E-state index contributed by atoms with van der Waals surface area (Å²) in [6, 6.07) is 0. The highest BCUT2D eigenvalue weighted by Crippen LogP contribution is 2.17. The lowest BCUT2D eigenvalue weighted by Gasteiger charge is -2.01. The molecule has 1 N–H and O–H groups in total. The van der Waals surface area contributed by atoms with Gasteiger partial charge in [-0.25, -0.2) is 4.79 Å². The van der Waals surface area contributed by atoms with Gasteiger partial charge < -0.3 is 5.11 Å². The third-order valence-electron chi connectivity index (χ3n) is 2.31. The molecule has 1 rings (SSSR count). The minimum atomic E-state index is -0.888. The molecule has 1 aromatic rings. The molecule has 0 saturated carbocycles. The van der Waals surface area contributed by atoms with Crippen molar-refractivity contribution < 1.29 is 9.90 Å². The summed E-state index contributed by atoms with van der Waals surface area (Å²) in [5.41, 5.74) is 1.01. The Hall–Kier alpha value is -1.32. The number of aryl methyl sites for hydroxylation is 1. The highest BCUT2D eigenvalue weighted by atomic mass is 16.4. The summed E-state index contributed by atoms with van der Waals surface area (Å²) in [5, 5.41) is 13.3. The second-order valence-electron chi connectivity index (χ2n) is 4.00. The van der Waals surface area contributed by atoms with E-state index in [2.05, 4.69) is 12.0 Å². The van der Waals surface area contributed by atoms with Gasteiger partial charge in [-0.1, -0.05) is 27.2 Å². The first-order chi connectivity index (χ1) is 7.06. The molecule has 0 saturated heterocycles. The predicted octanol–water partition coefficient (Wildman–Crippen LogP) is 2.50. The molecular weight excluding hydrogens is 192 g/mol. The van der Waals surface area contributed by atoms with E-state index >= 15 is 0 Å². The van der Waals surface area contributed by atoms with E-state index in [0.29, 0.717) is 11.3 Å². The maximum atomic E-state index is 11.0. The molecule has 0 aliphatic rings. The van der Waals surface area contributed by atoms with Gasteiger partial charge in [0.1, 0.15) is 5.56 Å². The molecular formula is C11H18N2O2. The lowest BCUT2D eigenvalue weighted by molar-refractivity contribution is 0.0695. The van der Waals surface area contributed by atoms with Crippen LogP contribution in [0.1, 0.15) is 55.6 Å². The van der Waals surface area contributed by atoms with Crippen LogP contribution in [0.2, 0.25) is 0 Å². The molecule has 0 spiro atoms. The Morgan fingerprint density at radius 2 is 2.27 bits per heavy atom. The summed E-state index contributed by atoms with van der Waals surface area (Å²) in [6.07, 6.45) is 3.74. The zero-order chi connectivity index (χ0) is 11.4. The van der Waals surface area contributed by atoms with Crippen molar-refractivity contribution in [1.29, 1.82) is 0 Å². The topological polar surface area (TPSA) is 55.1 Å². The first-order valence-electron chi connectivity index (χ1n) is 5.36. The van der Waals surface area contributed by atoms with E-state index in [1.807, 2.05) is 13.8 Å². The van der Waals surface area contributed by atoms with Gasteiger partial charge in [0, 0.05) is 12.7 Å². The smallest absolute Gasteiger partial charge is 0.339 e. The second kappa shape index (κ2) is 4.96. The summed E-state index contributed by atoms with van der Waals surface area (Å²) in [4.78, 5) is 11.0. The summed E-state index contributed by atoms with van der Waals surface area (Å²) < 4.78 is 1.74. The van der Waals surface area contributed by atoms with E-state index in [1.165, 1.54) is 0 Å². The molecule has 0 amide bonds. The standard InChI is InChI=1S/C11H18N2O2/c1-4-5-6-13-7-9(11(14)15)10(12-13)8(2)3/h7-8H,4-6H2,1-3H3,(H,14,15). The summed E-state index contributed by atoms with van der Waals surface area (Å²) in [7, 11) is 0. The molecule has 84 valence electrons. The molecule has 0 aliphatic carbocycles. The molecule has 1 aromatic heterocycles. The van der Waals surface area contributed by atoms with Crippen molar-refractivity contribution in [2.24, 2.45) is 0 Å². The number of aromatic nitrogens is 2. The van der Waals surface area contributed by atoms with Crippen molar-refractivity contribution in [3.05, 3.63) is 17.5 Å². The maximum Gasteiger partial charge on any atom is 0.339 e. The lowest BCUT2D eigenvalue weighted by Crippen LogP contribution is -2.01. The molecule has 0 aromatic carbocycles. The highest BCUT2D eigenvalue weighted by molar-refractivity contribution is 5.88. The number of carboxylic acid groups (broad SMARTS) is 1. The van der Waals surface area contributed by atoms with Crippen LogP contribution < -0.4 is 0 Å². The van der Waals surface area contributed by atoms with Gasteiger partial charge in [0.25, 0.3) is 0 Å². The molecule has 4 nitrogen and oxygen atoms in total. The van der Waals surface area contributed by atoms with Crippen LogP contribution in [-0.2, 0) is 6.54 Å². The van der Waals surface area contributed by atoms with Gasteiger partial charge in [-0.05, 0) is 12.3 Å².